The number of halogens is 1. The molecule has 0 atom stereocenters. The van der Waals surface area contributed by atoms with Crippen molar-refractivity contribution >= 4 is 62.5 Å². The molecule has 0 saturated carbocycles. The van der Waals surface area contributed by atoms with Gasteiger partial charge in [0.15, 0.2) is 5.13 Å². The topological polar surface area (TPSA) is 73.8 Å². The molecule has 0 spiro atoms. The molecule has 1 aromatic heterocycles. The van der Waals surface area contributed by atoms with E-state index >= 15 is 0 Å². The Morgan fingerprint density at radius 3 is 2.37 bits per heavy atom. The van der Waals surface area contributed by atoms with E-state index in [0.29, 0.717) is 22.9 Å². The maximum absolute atomic E-state index is 13.8. The zero-order valence-electron chi connectivity index (χ0n) is 20.5. The van der Waals surface area contributed by atoms with Gasteiger partial charge in [-0.15, -0.1) is 12.4 Å². The molecule has 2 heterocycles. The van der Waals surface area contributed by atoms with Crippen molar-refractivity contribution in [3.63, 3.8) is 0 Å². The van der Waals surface area contributed by atoms with Crippen LogP contribution in [0.25, 0.3) is 10.2 Å². The number of likely N-dealkylation sites (N-methyl/N-ethyl adjacent to an activating group) is 1. The minimum Gasteiger partial charge on any atom is -0.302 e. The normalized spacial score (nSPS) is 13.6. The van der Waals surface area contributed by atoms with Gasteiger partial charge in [0.05, 0.1) is 15.9 Å². The number of hydrogen-bond donors (Lipinski definition) is 0. The molecule has 7 nitrogen and oxygen atoms in total. The van der Waals surface area contributed by atoms with E-state index in [4.69, 9.17) is 4.98 Å². The van der Waals surface area contributed by atoms with Gasteiger partial charge in [-0.2, -0.15) is 0 Å². The fourth-order valence-electron chi connectivity index (χ4n) is 4.34. The van der Waals surface area contributed by atoms with Crippen LogP contribution in [0, 0.1) is 13.8 Å². The van der Waals surface area contributed by atoms with Crippen LogP contribution >= 0.6 is 23.7 Å². The summed E-state index contributed by atoms with van der Waals surface area (Å²) < 4.78 is 1.05. The quantitative estimate of drug-likeness (QED) is 0.396. The smallest absolute Gasteiger partial charge is 0.260 e. The summed E-state index contributed by atoms with van der Waals surface area (Å²) in [5.74, 6) is -0.656. The number of fused-ring (bicyclic) bond motifs is 1. The molecule has 0 unspecified atom stereocenters. The van der Waals surface area contributed by atoms with Crippen LogP contribution in [0.1, 0.15) is 48.2 Å². The molecule has 35 heavy (non-hydrogen) atoms. The maximum Gasteiger partial charge on any atom is 0.260 e. The number of carbonyl (C=O) groups excluding carboxylic acids is 3. The standard InChI is InChI=1S/C26H30N4O3S.ClH/c1-5-28(6-2)12-13-29(26-27-24-18(4)14-17(3)15-21(24)34-26)25(33)19-8-7-9-20(16-19)30-22(31)10-11-23(30)32;/h7-9,14-16H,5-6,10-13H2,1-4H3;1H. The maximum atomic E-state index is 13.8. The fraction of sp³-hybridized carbons (Fsp3) is 0.385. The van der Waals surface area contributed by atoms with E-state index in [1.165, 1.54) is 16.2 Å². The molecule has 2 aromatic carbocycles. The Hall–Kier alpha value is -2.81. The molecule has 4 rings (SSSR count). The summed E-state index contributed by atoms with van der Waals surface area (Å²) in [7, 11) is 0. The molecule has 0 radical (unpaired) electrons. The number of carbonyl (C=O) groups is 3. The summed E-state index contributed by atoms with van der Waals surface area (Å²) in [6.45, 7) is 11.3. The Morgan fingerprint density at radius 2 is 1.71 bits per heavy atom. The summed E-state index contributed by atoms with van der Waals surface area (Å²) in [5, 5.41) is 0.652. The van der Waals surface area contributed by atoms with Gasteiger partial charge in [0.25, 0.3) is 5.91 Å². The highest BCUT2D eigenvalue weighted by atomic mass is 35.5. The van der Waals surface area contributed by atoms with Crippen molar-refractivity contribution in [2.24, 2.45) is 0 Å². The summed E-state index contributed by atoms with van der Waals surface area (Å²) in [6.07, 6.45) is 0.412. The van der Waals surface area contributed by atoms with E-state index < -0.39 is 0 Å². The van der Waals surface area contributed by atoms with Gasteiger partial charge < -0.3 is 4.90 Å². The van der Waals surface area contributed by atoms with Gasteiger partial charge in [0.1, 0.15) is 0 Å². The van der Waals surface area contributed by atoms with E-state index in [-0.39, 0.29) is 43.0 Å². The Balaban J connectivity index is 0.00000342. The lowest BCUT2D eigenvalue weighted by molar-refractivity contribution is -0.121. The van der Waals surface area contributed by atoms with E-state index in [2.05, 4.69) is 37.8 Å². The van der Waals surface area contributed by atoms with Crippen LogP contribution in [-0.4, -0.2) is 53.8 Å². The van der Waals surface area contributed by atoms with Crippen LogP contribution in [0.15, 0.2) is 36.4 Å². The van der Waals surface area contributed by atoms with Crippen molar-refractivity contribution in [1.82, 2.24) is 9.88 Å². The van der Waals surface area contributed by atoms with Crippen molar-refractivity contribution in [1.29, 1.82) is 0 Å². The second-order valence-corrected chi connectivity index (χ2v) is 9.59. The number of benzene rings is 2. The van der Waals surface area contributed by atoms with Gasteiger partial charge in [-0.05, 0) is 62.3 Å². The third kappa shape index (κ3) is 5.55. The minimum absolute atomic E-state index is 0. The highest BCUT2D eigenvalue weighted by Crippen LogP contribution is 2.33. The Bertz CT molecular complexity index is 1240. The molecule has 0 bridgehead atoms. The molecule has 1 fully saturated rings. The molecule has 3 aromatic rings. The number of hydrogen-bond acceptors (Lipinski definition) is 6. The monoisotopic (exact) mass is 514 g/mol. The Kier molecular flexibility index (Phi) is 8.64. The number of aromatic nitrogens is 1. The average Bonchev–Trinajstić information content (AvgIpc) is 3.39. The molecule has 1 aliphatic heterocycles. The van der Waals surface area contributed by atoms with Crippen LogP contribution in [0.3, 0.4) is 0 Å². The van der Waals surface area contributed by atoms with Gasteiger partial charge in [0.2, 0.25) is 11.8 Å². The van der Waals surface area contributed by atoms with Crippen LogP contribution < -0.4 is 9.80 Å². The molecule has 0 N–H and O–H groups in total. The van der Waals surface area contributed by atoms with Crippen LogP contribution in [0.5, 0.6) is 0 Å². The first-order valence-electron chi connectivity index (χ1n) is 11.7. The predicted octanol–water partition coefficient (Wildman–Crippen LogP) is 4.98. The Morgan fingerprint density at radius 1 is 1.03 bits per heavy atom. The summed E-state index contributed by atoms with van der Waals surface area (Å²) >= 11 is 1.51. The van der Waals surface area contributed by atoms with Gasteiger partial charge in [-0.1, -0.05) is 37.3 Å². The molecule has 9 heteroatoms. The van der Waals surface area contributed by atoms with Crippen molar-refractivity contribution < 1.29 is 14.4 Å². The van der Waals surface area contributed by atoms with E-state index in [0.717, 1.165) is 41.0 Å². The van der Waals surface area contributed by atoms with E-state index in [1.807, 2.05) is 6.92 Å². The summed E-state index contributed by atoms with van der Waals surface area (Å²) in [6, 6.07) is 11.0. The van der Waals surface area contributed by atoms with Crippen molar-refractivity contribution in [3.8, 4) is 0 Å². The first kappa shape index (κ1) is 26.8. The van der Waals surface area contributed by atoms with Crippen molar-refractivity contribution in [3.05, 3.63) is 53.1 Å². The molecule has 186 valence electrons. The summed E-state index contributed by atoms with van der Waals surface area (Å²) in [4.78, 5) is 48.2. The first-order valence-corrected chi connectivity index (χ1v) is 12.5. The number of rotatable bonds is 8. The van der Waals surface area contributed by atoms with Crippen LogP contribution in [0.4, 0.5) is 10.8 Å². The molecular formula is C26H31ClN4O3S. The highest BCUT2D eigenvalue weighted by molar-refractivity contribution is 7.22. The van der Waals surface area contributed by atoms with Crippen molar-refractivity contribution in [2.75, 3.05) is 36.0 Å². The number of anilines is 2. The predicted molar refractivity (Wildman–Crippen MR) is 144 cm³/mol. The van der Waals surface area contributed by atoms with Gasteiger partial charge in [-0.25, -0.2) is 4.98 Å². The number of nitrogens with zero attached hydrogens (tertiary/aromatic N) is 4. The average molecular weight is 515 g/mol. The van der Waals surface area contributed by atoms with Crippen molar-refractivity contribution in [2.45, 2.75) is 40.5 Å². The summed E-state index contributed by atoms with van der Waals surface area (Å²) in [5.41, 5.74) is 4.03. The number of aryl methyl sites for hydroxylation is 2. The number of imide groups is 1. The van der Waals surface area contributed by atoms with Gasteiger partial charge in [0, 0.05) is 31.5 Å². The largest absolute Gasteiger partial charge is 0.302 e. The first-order chi connectivity index (χ1) is 16.3. The lowest BCUT2D eigenvalue weighted by atomic mass is 10.1. The molecule has 0 aliphatic carbocycles. The highest BCUT2D eigenvalue weighted by Gasteiger charge is 2.31. The lowest BCUT2D eigenvalue weighted by Gasteiger charge is -2.25. The third-order valence-corrected chi connectivity index (χ3v) is 7.26. The molecule has 1 aliphatic rings. The van der Waals surface area contributed by atoms with Crippen LogP contribution in [0.2, 0.25) is 0 Å². The second-order valence-electron chi connectivity index (χ2n) is 8.58. The molecule has 1 saturated heterocycles. The van der Waals surface area contributed by atoms with Gasteiger partial charge in [-0.3, -0.25) is 24.2 Å². The number of thiazole rings is 1. The molecule has 3 amide bonds. The zero-order chi connectivity index (χ0) is 24.4. The van der Waals surface area contributed by atoms with Crippen LogP contribution in [-0.2, 0) is 9.59 Å². The lowest BCUT2D eigenvalue weighted by Crippen LogP contribution is -2.39. The molecular weight excluding hydrogens is 484 g/mol. The number of amides is 3. The van der Waals surface area contributed by atoms with E-state index in [1.54, 1.807) is 29.2 Å². The Labute approximate surface area is 216 Å². The van der Waals surface area contributed by atoms with Gasteiger partial charge >= 0.3 is 0 Å². The third-order valence-electron chi connectivity index (χ3n) is 6.23. The van der Waals surface area contributed by atoms with E-state index in [9.17, 15) is 14.4 Å². The SMILES string of the molecule is CCN(CC)CCN(C(=O)c1cccc(N2C(=O)CCC2=O)c1)c1nc2c(C)cc(C)cc2s1.Cl. The fourth-order valence-corrected chi connectivity index (χ4v) is 5.50. The second kappa shape index (κ2) is 11.3. The zero-order valence-corrected chi connectivity index (χ0v) is 22.2. The minimum atomic E-state index is -0.231.